The highest BCUT2D eigenvalue weighted by Crippen LogP contribution is 2.31. The molecule has 9 nitrogen and oxygen atoms in total. The maximum Gasteiger partial charge on any atom is 0.547 e. The number of benzene rings is 1. The summed E-state index contributed by atoms with van der Waals surface area (Å²) in [5, 5.41) is 12.5. The molecule has 13 heteroatoms. The van der Waals surface area contributed by atoms with Crippen LogP contribution in [0.15, 0.2) is 42.7 Å². The first-order valence-corrected chi connectivity index (χ1v) is 10.2. The van der Waals surface area contributed by atoms with Crippen LogP contribution in [0, 0.1) is 0 Å². The molecule has 1 atom stereocenters. The highest BCUT2D eigenvalue weighted by atomic mass is 19.4. The van der Waals surface area contributed by atoms with Gasteiger partial charge >= 0.3 is 25.2 Å². The Kier molecular flexibility index (Phi) is 8.10. The van der Waals surface area contributed by atoms with Gasteiger partial charge in [-0.3, -0.25) is 14.6 Å². The number of halogens is 3. The molecule has 1 aliphatic rings. The smallest absolute Gasteiger partial charge is 0.534 e. The summed E-state index contributed by atoms with van der Waals surface area (Å²) in [6, 6.07) is 7.79. The molecule has 34 heavy (non-hydrogen) atoms. The first kappa shape index (κ1) is 25.0. The van der Waals surface area contributed by atoms with E-state index in [-0.39, 0.29) is 24.2 Å². The van der Waals surface area contributed by atoms with Crippen LogP contribution in [-0.4, -0.2) is 53.9 Å². The number of pyridine rings is 1. The van der Waals surface area contributed by atoms with E-state index in [1.165, 1.54) is 18.3 Å². The third kappa shape index (κ3) is 7.20. The van der Waals surface area contributed by atoms with E-state index >= 15 is 0 Å². The molecule has 2 N–H and O–H groups in total. The number of hydrogen-bond acceptors (Lipinski definition) is 8. The van der Waals surface area contributed by atoms with Crippen molar-refractivity contribution in [3.8, 4) is 5.75 Å². The number of para-hydroxylation sites is 1. The van der Waals surface area contributed by atoms with Crippen molar-refractivity contribution in [1.82, 2.24) is 10.3 Å². The Morgan fingerprint density at radius 1 is 1.21 bits per heavy atom. The van der Waals surface area contributed by atoms with Gasteiger partial charge in [0.05, 0.1) is 18.8 Å². The zero-order valence-corrected chi connectivity index (χ0v) is 17.7. The van der Waals surface area contributed by atoms with Crippen molar-refractivity contribution in [1.29, 1.82) is 0 Å². The van der Waals surface area contributed by atoms with Crippen molar-refractivity contribution in [2.24, 2.45) is 0 Å². The molecule has 0 aliphatic carbocycles. The van der Waals surface area contributed by atoms with E-state index in [1.807, 2.05) is 0 Å². The van der Waals surface area contributed by atoms with E-state index in [0.717, 1.165) is 0 Å². The lowest BCUT2D eigenvalue weighted by molar-refractivity contribution is -0.151. The Hall–Kier alpha value is -3.61. The quantitative estimate of drug-likeness (QED) is 0.333. The molecule has 180 valence electrons. The van der Waals surface area contributed by atoms with Crippen LogP contribution in [0.3, 0.4) is 0 Å². The van der Waals surface area contributed by atoms with Crippen molar-refractivity contribution < 1.29 is 46.7 Å². The van der Waals surface area contributed by atoms with E-state index in [0.29, 0.717) is 11.1 Å². The van der Waals surface area contributed by atoms with Crippen molar-refractivity contribution >= 4 is 25.0 Å². The highest BCUT2D eigenvalue weighted by Gasteiger charge is 2.38. The first-order valence-electron chi connectivity index (χ1n) is 10.2. The van der Waals surface area contributed by atoms with E-state index in [4.69, 9.17) is 14.1 Å². The SMILES string of the molecule is O=C(CCC(F)(F)F)N[C@H]1Cc2cccc(C(=O)OCOC(=O)Cc3cccnc3)c2OB1O. The van der Waals surface area contributed by atoms with Gasteiger partial charge in [0.25, 0.3) is 0 Å². The Labute approximate surface area is 192 Å². The van der Waals surface area contributed by atoms with Gasteiger partial charge < -0.3 is 24.5 Å². The fraction of sp³-hybridized carbons (Fsp3) is 0.333. The molecule has 1 amide bonds. The van der Waals surface area contributed by atoms with Crippen molar-refractivity contribution in [2.75, 3.05) is 6.79 Å². The van der Waals surface area contributed by atoms with Crippen molar-refractivity contribution in [2.45, 2.75) is 37.8 Å². The van der Waals surface area contributed by atoms with Crippen molar-refractivity contribution in [3.05, 3.63) is 59.4 Å². The summed E-state index contributed by atoms with van der Waals surface area (Å²) >= 11 is 0. The van der Waals surface area contributed by atoms with Crippen LogP contribution < -0.4 is 9.97 Å². The molecule has 0 bridgehead atoms. The standard InChI is InChI=1S/C21H20BF3N2O7/c23-21(24,25)7-6-17(28)27-16-10-14-4-1-5-15(19(14)34-22(16)31)20(30)33-12-32-18(29)9-13-3-2-8-26-11-13/h1-5,8,11,16,31H,6-7,9-10,12H2,(H,27,28)/t16-/m0/s1. The Morgan fingerprint density at radius 3 is 2.71 bits per heavy atom. The lowest BCUT2D eigenvalue weighted by Gasteiger charge is -2.29. The number of nitrogens with one attached hydrogen (secondary N) is 1. The van der Waals surface area contributed by atoms with Crippen LogP contribution in [0.1, 0.15) is 34.3 Å². The van der Waals surface area contributed by atoms with Gasteiger partial charge in [-0.2, -0.15) is 13.2 Å². The average Bonchev–Trinajstić information content (AvgIpc) is 2.78. The van der Waals surface area contributed by atoms with Gasteiger partial charge in [-0.05, 0) is 29.7 Å². The zero-order chi connectivity index (χ0) is 24.7. The summed E-state index contributed by atoms with van der Waals surface area (Å²) in [5.74, 6) is -3.41. The van der Waals surface area contributed by atoms with E-state index in [1.54, 1.807) is 24.4 Å². The van der Waals surface area contributed by atoms with Crippen LogP contribution in [0.25, 0.3) is 0 Å². The summed E-state index contributed by atoms with van der Waals surface area (Å²) in [4.78, 5) is 39.9. The number of alkyl halides is 3. The molecule has 1 aromatic heterocycles. The fourth-order valence-electron chi connectivity index (χ4n) is 3.19. The van der Waals surface area contributed by atoms with E-state index < -0.39 is 56.7 Å². The van der Waals surface area contributed by atoms with Gasteiger partial charge in [-0.1, -0.05) is 18.2 Å². The summed E-state index contributed by atoms with van der Waals surface area (Å²) < 4.78 is 52.1. The number of hydrogen-bond donors (Lipinski definition) is 2. The van der Waals surface area contributed by atoms with Crippen LogP contribution in [0.5, 0.6) is 5.75 Å². The van der Waals surface area contributed by atoms with Gasteiger partial charge in [-0.15, -0.1) is 0 Å². The molecule has 0 unspecified atom stereocenters. The predicted octanol–water partition coefficient (Wildman–Crippen LogP) is 1.76. The van der Waals surface area contributed by atoms with Gasteiger partial charge in [0.15, 0.2) is 0 Å². The minimum Gasteiger partial charge on any atom is -0.534 e. The van der Waals surface area contributed by atoms with Crippen LogP contribution in [-0.2, 0) is 31.9 Å². The number of rotatable bonds is 8. The van der Waals surface area contributed by atoms with Crippen LogP contribution >= 0.6 is 0 Å². The van der Waals surface area contributed by atoms with Crippen LogP contribution in [0.4, 0.5) is 13.2 Å². The fourth-order valence-corrected chi connectivity index (χ4v) is 3.19. The number of nitrogens with zero attached hydrogens (tertiary/aromatic N) is 1. The number of fused-ring (bicyclic) bond motifs is 1. The lowest BCUT2D eigenvalue weighted by atomic mass is 9.72. The summed E-state index contributed by atoms with van der Waals surface area (Å²) in [5.41, 5.74) is 0.995. The normalized spacial score (nSPS) is 15.1. The number of ether oxygens (including phenoxy) is 2. The largest absolute Gasteiger partial charge is 0.547 e. The molecule has 3 rings (SSSR count). The Bertz CT molecular complexity index is 1040. The van der Waals surface area contributed by atoms with Gasteiger partial charge in [0, 0.05) is 18.8 Å². The average molecular weight is 480 g/mol. The number of amides is 1. The molecule has 0 fully saturated rings. The summed E-state index contributed by atoms with van der Waals surface area (Å²) in [6.07, 6.45) is -3.55. The molecule has 0 radical (unpaired) electrons. The molecule has 0 saturated carbocycles. The number of carbonyl (C=O) groups is 3. The Balaban J connectivity index is 1.55. The van der Waals surface area contributed by atoms with E-state index in [2.05, 4.69) is 10.3 Å². The molecule has 2 aromatic rings. The van der Waals surface area contributed by atoms with E-state index in [9.17, 15) is 32.6 Å². The topological polar surface area (TPSA) is 124 Å². The third-order valence-corrected chi connectivity index (χ3v) is 4.80. The summed E-state index contributed by atoms with van der Waals surface area (Å²) in [6.45, 7) is -0.651. The molecular weight excluding hydrogens is 460 g/mol. The van der Waals surface area contributed by atoms with Crippen molar-refractivity contribution in [3.63, 3.8) is 0 Å². The molecule has 2 heterocycles. The second-order valence-corrected chi connectivity index (χ2v) is 7.40. The monoisotopic (exact) mass is 480 g/mol. The predicted molar refractivity (Wildman–Crippen MR) is 110 cm³/mol. The highest BCUT2D eigenvalue weighted by molar-refractivity contribution is 6.47. The minimum atomic E-state index is -4.48. The molecule has 1 aromatic carbocycles. The second-order valence-electron chi connectivity index (χ2n) is 7.40. The van der Waals surface area contributed by atoms with Gasteiger partial charge in [0.1, 0.15) is 11.3 Å². The molecule has 0 saturated heterocycles. The molecular formula is C21H20BF3N2O7. The Morgan fingerprint density at radius 2 is 2.00 bits per heavy atom. The zero-order valence-electron chi connectivity index (χ0n) is 17.7. The number of aromatic nitrogens is 1. The van der Waals surface area contributed by atoms with Gasteiger partial charge in [0.2, 0.25) is 12.7 Å². The molecule has 1 aliphatic heterocycles. The maximum atomic E-state index is 12.4. The number of esters is 2. The minimum absolute atomic E-state index is 0.00229. The second kappa shape index (κ2) is 11.0. The first-order chi connectivity index (χ1) is 16.1. The molecule has 0 spiro atoms. The van der Waals surface area contributed by atoms with Gasteiger partial charge in [-0.25, -0.2) is 4.79 Å². The third-order valence-electron chi connectivity index (χ3n) is 4.80. The summed E-state index contributed by atoms with van der Waals surface area (Å²) in [7, 11) is -1.60. The maximum absolute atomic E-state index is 12.4. The number of carbonyl (C=O) groups excluding carboxylic acids is 3. The van der Waals surface area contributed by atoms with Crippen LogP contribution in [0.2, 0.25) is 0 Å². The lowest BCUT2D eigenvalue weighted by Crippen LogP contribution is -2.53.